The highest BCUT2D eigenvalue weighted by Gasteiger charge is 2.33. The van der Waals surface area contributed by atoms with E-state index in [1.165, 1.54) is 10.4 Å². The van der Waals surface area contributed by atoms with E-state index < -0.39 is 22.6 Å². The van der Waals surface area contributed by atoms with Crippen LogP contribution in [0.1, 0.15) is 39.6 Å². The van der Waals surface area contributed by atoms with Crippen LogP contribution in [0.2, 0.25) is 0 Å². The Hall–Kier alpha value is -3.07. The highest BCUT2D eigenvalue weighted by atomic mass is 32.2. The second-order valence-electron chi connectivity index (χ2n) is 7.67. The summed E-state index contributed by atoms with van der Waals surface area (Å²) >= 11 is 0. The van der Waals surface area contributed by atoms with Crippen molar-refractivity contribution in [3.05, 3.63) is 53.1 Å². The molecule has 2 aliphatic heterocycles. The maximum absolute atomic E-state index is 12.5. The van der Waals surface area contributed by atoms with Crippen LogP contribution in [-0.2, 0) is 21.2 Å². The molecule has 0 amide bonds. The van der Waals surface area contributed by atoms with Gasteiger partial charge in [-0.2, -0.15) is 0 Å². The van der Waals surface area contributed by atoms with Crippen molar-refractivity contribution in [1.29, 1.82) is 0 Å². The molecule has 0 fully saturated rings. The monoisotopic (exact) mass is 445 g/mol. The van der Waals surface area contributed by atoms with E-state index >= 15 is 0 Å². The van der Waals surface area contributed by atoms with Crippen LogP contribution in [0.15, 0.2) is 36.4 Å². The first-order chi connectivity index (χ1) is 14.7. The highest BCUT2D eigenvalue weighted by molar-refractivity contribution is 7.92. The van der Waals surface area contributed by atoms with E-state index in [0.717, 1.165) is 18.2 Å². The molecule has 2 heterocycles. The molecule has 0 aliphatic carbocycles. The van der Waals surface area contributed by atoms with Gasteiger partial charge in [-0.05, 0) is 55.3 Å². The minimum atomic E-state index is -3.41. The first kappa shape index (κ1) is 21.2. The molecule has 1 unspecified atom stereocenters. The molecule has 0 N–H and O–H groups in total. The molecule has 2 aliphatic rings. The Morgan fingerprint density at radius 2 is 1.77 bits per heavy atom. The summed E-state index contributed by atoms with van der Waals surface area (Å²) in [5.74, 6) is 0.0809. The van der Waals surface area contributed by atoms with Crippen LogP contribution in [-0.4, -0.2) is 52.3 Å². The fourth-order valence-electron chi connectivity index (χ4n) is 3.87. The predicted octanol–water partition coefficient (Wildman–Crippen LogP) is 2.60. The van der Waals surface area contributed by atoms with Crippen LogP contribution in [0.5, 0.6) is 11.5 Å². The maximum Gasteiger partial charge on any atom is 0.338 e. The lowest BCUT2D eigenvalue weighted by atomic mass is 10.1. The number of fused-ring (bicyclic) bond motifs is 2. The van der Waals surface area contributed by atoms with Crippen molar-refractivity contribution in [1.82, 2.24) is 0 Å². The number of Topliss-reactive ketones (excluding diaryl/α,β-unsaturated/α-hetero) is 1. The molecule has 2 aromatic carbocycles. The lowest BCUT2D eigenvalue weighted by Gasteiger charge is -2.21. The molecule has 9 heteroatoms. The average molecular weight is 445 g/mol. The third-order valence-electron chi connectivity index (χ3n) is 5.23. The Kier molecular flexibility index (Phi) is 5.62. The van der Waals surface area contributed by atoms with Crippen molar-refractivity contribution < 1.29 is 32.2 Å². The summed E-state index contributed by atoms with van der Waals surface area (Å²) < 4.78 is 41.7. The third kappa shape index (κ3) is 4.36. The molecule has 0 bridgehead atoms. The number of carbonyl (C=O) groups is 2. The Morgan fingerprint density at radius 1 is 1.06 bits per heavy atom. The van der Waals surface area contributed by atoms with E-state index in [2.05, 4.69) is 0 Å². The molecule has 0 saturated carbocycles. The van der Waals surface area contributed by atoms with Gasteiger partial charge >= 0.3 is 5.97 Å². The van der Waals surface area contributed by atoms with Crippen molar-refractivity contribution in [3.63, 3.8) is 0 Å². The predicted molar refractivity (Wildman–Crippen MR) is 114 cm³/mol. The fraction of sp³-hybridized carbons (Fsp3) is 0.364. The van der Waals surface area contributed by atoms with Crippen LogP contribution in [0.4, 0.5) is 5.69 Å². The van der Waals surface area contributed by atoms with Crippen LogP contribution in [0, 0.1) is 0 Å². The van der Waals surface area contributed by atoms with E-state index in [1.54, 1.807) is 30.3 Å². The molecule has 0 spiro atoms. The minimum Gasteiger partial charge on any atom is -0.490 e. The molecule has 0 saturated heterocycles. The lowest BCUT2D eigenvalue weighted by molar-refractivity contribution is 0.0474. The smallest absolute Gasteiger partial charge is 0.338 e. The molecule has 0 aromatic heterocycles. The van der Waals surface area contributed by atoms with E-state index in [9.17, 15) is 18.0 Å². The normalized spacial score (nSPS) is 17.6. The molecule has 2 aromatic rings. The van der Waals surface area contributed by atoms with Crippen molar-refractivity contribution >= 4 is 27.5 Å². The minimum absolute atomic E-state index is 0.225. The first-order valence-electron chi connectivity index (χ1n) is 9.96. The summed E-state index contributed by atoms with van der Waals surface area (Å²) in [7, 11) is -3.41. The quantitative estimate of drug-likeness (QED) is 0.515. The zero-order valence-corrected chi connectivity index (χ0v) is 18.1. The van der Waals surface area contributed by atoms with Crippen LogP contribution in [0.3, 0.4) is 0 Å². The highest BCUT2D eigenvalue weighted by Crippen LogP contribution is 2.35. The van der Waals surface area contributed by atoms with Gasteiger partial charge in [0.2, 0.25) is 10.0 Å². The van der Waals surface area contributed by atoms with E-state index in [1.807, 2.05) is 6.92 Å². The summed E-state index contributed by atoms with van der Waals surface area (Å²) in [5.41, 5.74) is 1.95. The van der Waals surface area contributed by atoms with E-state index in [4.69, 9.17) is 14.2 Å². The summed E-state index contributed by atoms with van der Waals surface area (Å²) in [4.78, 5) is 25.0. The van der Waals surface area contributed by atoms with Gasteiger partial charge in [0.25, 0.3) is 0 Å². The molecular weight excluding hydrogens is 422 g/mol. The number of sulfonamides is 1. The van der Waals surface area contributed by atoms with Gasteiger partial charge < -0.3 is 14.2 Å². The number of benzene rings is 2. The Bertz CT molecular complexity index is 1140. The SMILES string of the molecule is CC1Cc2cc(C(=O)OCC(=O)c3ccc4c(c3)OCCCO4)ccc2N1S(C)(=O)=O. The van der Waals surface area contributed by atoms with Crippen molar-refractivity contribution in [2.45, 2.75) is 25.8 Å². The molecule has 0 radical (unpaired) electrons. The third-order valence-corrected chi connectivity index (χ3v) is 6.50. The molecule has 4 rings (SSSR count). The van der Waals surface area contributed by atoms with Crippen molar-refractivity contribution in [2.24, 2.45) is 0 Å². The largest absolute Gasteiger partial charge is 0.490 e. The van der Waals surface area contributed by atoms with Crippen molar-refractivity contribution in [3.8, 4) is 11.5 Å². The molecule has 164 valence electrons. The van der Waals surface area contributed by atoms with E-state index in [0.29, 0.717) is 42.4 Å². The molecule has 31 heavy (non-hydrogen) atoms. The second kappa shape index (κ2) is 8.22. The van der Waals surface area contributed by atoms with Gasteiger partial charge in [0.05, 0.1) is 30.7 Å². The number of nitrogens with zero attached hydrogens (tertiary/aromatic N) is 1. The van der Waals surface area contributed by atoms with Gasteiger partial charge in [-0.25, -0.2) is 13.2 Å². The van der Waals surface area contributed by atoms with Crippen LogP contribution < -0.4 is 13.8 Å². The topological polar surface area (TPSA) is 99.2 Å². The molecule has 8 nitrogen and oxygen atoms in total. The number of hydrogen-bond acceptors (Lipinski definition) is 7. The van der Waals surface area contributed by atoms with Gasteiger partial charge in [-0.1, -0.05) is 0 Å². The molecular formula is C22H23NO7S. The number of ether oxygens (including phenoxy) is 3. The molecule has 1 atom stereocenters. The summed E-state index contributed by atoms with van der Waals surface area (Å²) in [6, 6.07) is 9.38. The Labute approximate surface area is 180 Å². The fourth-order valence-corrected chi connectivity index (χ4v) is 5.13. The Balaban J connectivity index is 1.43. The summed E-state index contributed by atoms with van der Waals surface area (Å²) in [6.45, 7) is 2.46. The number of carbonyl (C=O) groups excluding carboxylic acids is 2. The maximum atomic E-state index is 12.5. The number of rotatable bonds is 5. The van der Waals surface area contributed by atoms with Gasteiger partial charge in [0, 0.05) is 18.0 Å². The van der Waals surface area contributed by atoms with Gasteiger partial charge in [0.15, 0.2) is 23.9 Å². The number of esters is 1. The second-order valence-corrected chi connectivity index (χ2v) is 9.53. The standard InChI is InChI=1S/C22H23NO7S/c1-14-10-17-11-16(4-6-18(17)23(14)31(2,26)27)22(25)30-13-19(24)15-5-7-20-21(12-15)29-9-3-8-28-20/h4-7,11-12,14H,3,8-10,13H2,1-2H3. The summed E-state index contributed by atoms with van der Waals surface area (Å²) in [5, 5.41) is 0. The van der Waals surface area contributed by atoms with Crippen LogP contribution >= 0.6 is 0 Å². The van der Waals surface area contributed by atoms with E-state index in [-0.39, 0.29) is 17.4 Å². The summed E-state index contributed by atoms with van der Waals surface area (Å²) in [6.07, 6.45) is 2.42. The average Bonchev–Trinajstić information content (AvgIpc) is 2.90. The number of ketones is 1. The zero-order valence-electron chi connectivity index (χ0n) is 17.3. The Morgan fingerprint density at radius 3 is 2.52 bits per heavy atom. The zero-order chi connectivity index (χ0) is 22.2. The number of anilines is 1. The number of hydrogen-bond donors (Lipinski definition) is 0. The lowest BCUT2D eigenvalue weighted by Crippen LogP contribution is -2.34. The van der Waals surface area contributed by atoms with Gasteiger partial charge in [-0.15, -0.1) is 0 Å². The first-order valence-corrected chi connectivity index (χ1v) is 11.8. The van der Waals surface area contributed by atoms with Gasteiger partial charge in [0.1, 0.15) is 0 Å². The van der Waals surface area contributed by atoms with Crippen LogP contribution in [0.25, 0.3) is 0 Å². The van der Waals surface area contributed by atoms with Gasteiger partial charge in [-0.3, -0.25) is 9.10 Å². The van der Waals surface area contributed by atoms with Crippen molar-refractivity contribution in [2.75, 3.05) is 30.4 Å².